The Morgan fingerprint density at radius 1 is 1.42 bits per heavy atom. The van der Waals surface area contributed by atoms with Crippen LogP contribution in [0.2, 0.25) is 0 Å². The Kier molecular flexibility index (Phi) is 3.83. The predicted octanol–water partition coefficient (Wildman–Crippen LogP) is 2.79. The maximum atomic E-state index is 2.60. The average Bonchev–Trinajstić information content (AvgIpc) is 2.35. The first-order chi connectivity index (χ1) is 5.54. The van der Waals surface area contributed by atoms with Gasteiger partial charge < -0.3 is 4.90 Å². The van der Waals surface area contributed by atoms with Crippen LogP contribution in [-0.4, -0.2) is 29.0 Å². The van der Waals surface area contributed by atoms with Gasteiger partial charge in [0, 0.05) is 17.5 Å². The summed E-state index contributed by atoms with van der Waals surface area (Å²) in [5.74, 6) is 0.917. The molecule has 0 radical (unpaired) electrons. The summed E-state index contributed by atoms with van der Waals surface area (Å²) in [5, 5.41) is 0. The Labute approximate surface area is 90.0 Å². The number of hydrogen-bond acceptors (Lipinski definition) is 1. The fraction of sp³-hybridized carbons (Fsp3) is 1.00. The number of rotatable bonds is 2. The Bertz CT molecular complexity index is 139. The highest BCUT2D eigenvalue weighted by molar-refractivity contribution is 14.1. The number of halogens is 1. The van der Waals surface area contributed by atoms with Crippen molar-refractivity contribution in [2.75, 3.05) is 24.1 Å². The van der Waals surface area contributed by atoms with E-state index in [2.05, 4.69) is 48.3 Å². The third-order valence-corrected chi connectivity index (χ3v) is 3.38. The van der Waals surface area contributed by atoms with E-state index in [9.17, 15) is 0 Å². The fourth-order valence-electron chi connectivity index (χ4n) is 1.86. The van der Waals surface area contributed by atoms with Crippen molar-refractivity contribution in [3.8, 4) is 0 Å². The Morgan fingerprint density at radius 2 is 2.08 bits per heavy atom. The summed E-state index contributed by atoms with van der Waals surface area (Å²) in [6.45, 7) is 11.0. The summed E-state index contributed by atoms with van der Waals surface area (Å²) >= 11 is 2.46. The van der Waals surface area contributed by atoms with Gasteiger partial charge in [0.15, 0.2) is 0 Å². The summed E-state index contributed by atoms with van der Waals surface area (Å²) in [5.41, 5.74) is 0.514. The first-order valence-electron chi connectivity index (χ1n) is 4.82. The Morgan fingerprint density at radius 3 is 2.50 bits per heavy atom. The first-order valence-corrected chi connectivity index (χ1v) is 6.35. The lowest BCUT2D eigenvalue weighted by Crippen LogP contribution is -2.27. The van der Waals surface area contributed by atoms with E-state index in [1.807, 2.05) is 0 Å². The maximum Gasteiger partial charge on any atom is 0.0123 e. The molecule has 0 aromatic heterocycles. The third kappa shape index (κ3) is 2.87. The van der Waals surface area contributed by atoms with Crippen LogP contribution < -0.4 is 0 Å². The van der Waals surface area contributed by atoms with Crippen LogP contribution in [0.5, 0.6) is 0 Å². The van der Waals surface area contributed by atoms with Crippen molar-refractivity contribution in [3.05, 3.63) is 0 Å². The van der Waals surface area contributed by atoms with Crippen molar-refractivity contribution in [1.29, 1.82) is 0 Å². The first kappa shape index (κ1) is 10.8. The molecule has 0 aliphatic carbocycles. The molecule has 0 N–H and O–H groups in total. The minimum Gasteiger partial charge on any atom is -0.302 e. The summed E-state index contributed by atoms with van der Waals surface area (Å²) in [4.78, 5) is 2.60. The van der Waals surface area contributed by atoms with E-state index in [4.69, 9.17) is 0 Å². The summed E-state index contributed by atoms with van der Waals surface area (Å²) < 4.78 is 1.27. The van der Waals surface area contributed by atoms with Gasteiger partial charge in [-0.2, -0.15) is 0 Å². The average molecular weight is 281 g/mol. The molecular formula is C10H20IN. The number of likely N-dealkylation sites (tertiary alicyclic amines) is 1. The molecule has 1 aliphatic heterocycles. The molecule has 2 heteroatoms. The second-order valence-corrected chi connectivity index (χ2v) is 5.92. The molecule has 0 aromatic rings. The number of alkyl halides is 1. The maximum absolute atomic E-state index is 2.60. The van der Waals surface area contributed by atoms with E-state index in [1.165, 1.54) is 30.5 Å². The van der Waals surface area contributed by atoms with Crippen LogP contribution in [-0.2, 0) is 0 Å². The van der Waals surface area contributed by atoms with E-state index in [0.717, 1.165) is 5.92 Å². The number of nitrogens with zero attached hydrogens (tertiary/aromatic N) is 1. The van der Waals surface area contributed by atoms with Crippen LogP contribution in [0.15, 0.2) is 0 Å². The second-order valence-electron chi connectivity index (χ2n) is 4.84. The van der Waals surface area contributed by atoms with E-state index in [-0.39, 0.29) is 0 Å². The largest absolute Gasteiger partial charge is 0.302 e. The van der Waals surface area contributed by atoms with Gasteiger partial charge in [0.25, 0.3) is 0 Å². The topological polar surface area (TPSA) is 3.24 Å². The van der Waals surface area contributed by atoms with E-state index in [1.54, 1.807) is 0 Å². The van der Waals surface area contributed by atoms with Gasteiger partial charge in [0.05, 0.1) is 0 Å². The lowest BCUT2D eigenvalue weighted by Gasteiger charge is -2.26. The van der Waals surface area contributed by atoms with Gasteiger partial charge in [0.2, 0.25) is 0 Å². The van der Waals surface area contributed by atoms with Crippen LogP contribution in [0.1, 0.15) is 27.2 Å². The zero-order valence-electron chi connectivity index (χ0n) is 8.44. The second kappa shape index (κ2) is 4.27. The molecule has 1 nitrogen and oxygen atoms in total. The van der Waals surface area contributed by atoms with Crippen molar-refractivity contribution in [2.24, 2.45) is 11.3 Å². The van der Waals surface area contributed by atoms with Gasteiger partial charge in [-0.05, 0) is 24.3 Å². The van der Waals surface area contributed by atoms with Crippen molar-refractivity contribution >= 4 is 22.6 Å². The standard InChI is InChI=1S/C10H20IN/c1-10(2,3)9-4-6-12(8-9)7-5-11/h9H,4-8H2,1-3H3. The van der Waals surface area contributed by atoms with Gasteiger partial charge in [-0.1, -0.05) is 43.4 Å². The van der Waals surface area contributed by atoms with Crippen LogP contribution in [0, 0.1) is 11.3 Å². The van der Waals surface area contributed by atoms with Gasteiger partial charge in [-0.25, -0.2) is 0 Å². The number of hydrogen-bond donors (Lipinski definition) is 0. The molecule has 0 saturated carbocycles. The van der Waals surface area contributed by atoms with Crippen molar-refractivity contribution in [2.45, 2.75) is 27.2 Å². The minimum absolute atomic E-state index is 0.514. The molecule has 12 heavy (non-hydrogen) atoms. The zero-order chi connectivity index (χ0) is 9.19. The SMILES string of the molecule is CC(C)(C)C1CCN(CCI)C1. The summed E-state index contributed by atoms with van der Waals surface area (Å²) in [6, 6.07) is 0. The molecule has 1 saturated heterocycles. The smallest absolute Gasteiger partial charge is 0.0123 e. The molecule has 1 fully saturated rings. The molecule has 0 amide bonds. The molecule has 1 aliphatic rings. The van der Waals surface area contributed by atoms with Gasteiger partial charge in [-0.15, -0.1) is 0 Å². The monoisotopic (exact) mass is 281 g/mol. The third-order valence-electron chi connectivity index (χ3n) is 2.90. The molecule has 0 spiro atoms. The van der Waals surface area contributed by atoms with Gasteiger partial charge in [-0.3, -0.25) is 0 Å². The molecule has 72 valence electrons. The molecule has 0 aromatic carbocycles. The fourth-order valence-corrected chi connectivity index (χ4v) is 2.54. The van der Waals surface area contributed by atoms with Gasteiger partial charge >= 0.3 is 0 Å². The van der Waals surface area contributed by atoms with Gasteiger partial charge in [0.1, 0.15) is 0 Å². The predicted molar refractivity (Wildman–Crippen MR) is 62.9 cm³/mol. The summed E-state index contributed by atoms with van der Waals surface area (Å²) in [7, 11) is 0. The van der Waals surface area contributed by atoms with Crippen molar-refractivity contribution in [3.63, 3.8) is 0 Å². The van der Waals surface area contributed by atoms with E-state index < -0.39 is 0 Å². The Balaban J connectivity index is 2.35. The molecule has 1 rings (SSSR count). The molecule has 1 unspecified atom stereocenters. The highest BCUT2D eigenvalue weighted by atomic mass is 127. The lowest BCUT2D eigenvalue weighted by molar-refractivity contribution is 0.233. The molecular weight excluding hydrogens is 261 g/mol. The van der Waals surface area contributed by atoms with Crippen LogP contribution in [0.25, 0.3) is 0 Å². The highest BCUT2D eigenvalue weighted by Crippen LogP contribution is 2.33. The van der Waals surface area contributed by atoms with E-state index in [0.29, 0.717) is 5.41 Å². The quantitative estimate of drug-likeness (QED) is 0.555. The lowest BCUT2D eigenvalue weighted by atomic mass is 9.80. The van der Waals surface area contributed by atoms with Crippen LogP contribution in [0.3, 0.4) is 0 Å². The normalized spacial score (nSPS) is 26.5. The van der Waals surface area contributed by atoms with Crippen molar-refractivity contribution < 1.29 is 0 Å². The molecule has 1 atom stereocenters. The summed E-state index contributed by atoms with van der Waals surface area (Å²) in [6.07, 6.45) is 1.40. The highest BCUT2D eigenvalue weighted by Gasteiger charge is 2.30. The molecule has 0 bridgehead atoms. The molecule has 1 heterocycles. The zero-order valence-corrected chi connectivity index (χ0v) is 10.6. The van der Waals surface area contributed by atoms with Crippen molar-refractivity contribution in [1.82, 2.24) is 4.90 Å². The minimum atomic E-state index is 0.514. The van der Waals surface area contributed by atoms with Crippen LogP contribution >= 0.6 is 22.6 Å². The Hall–Kier alpha value is 0.690. The van der Waals surface area contributed by atoms with Crippen LogP contribution in [0.4, 0.5) is 0 Å². The van der Waals surface area contributed by atoms with E-state index >= 15 is 0 Å².